The van der Waals surface area contributed by atoms with E-state index in [0.29, 0.717) is 22.2 Å². The van der Waals surface area contributed by atoms with Crippen LogP contribution in [0.25, 0.3) is 22.2 Å². The molecule has 1 saturated heterocycles. The number of likely N-dealkylation sites (tertiary alicyclic amines) is 1. The van der Waals surface area contributed by atoms with Crippen molar-refractivity contribution in [1.29, 1.82) is 0 Å². The molecule has 0 saturated carbocycles. The molecule has 3 aromatic rings. The number of amides is 1. The quantitative estimate of drug-likeness (QED) is 0.718. The van der Waals surface area contributed by atoms with E-state index in [-0.39, 0.29) is 36.9 Å². The van der Waals surface area contributed by atoms with Gasteiger partial charge < -0.3 is 9.47 Å². The zero-order valence-corrected chi connectivity index (χ0v) is 14.0. The van der Waals surface area contributed by atoms with Crippen molar-refractivity contribution in [2.45, 2.75) is 19.6 Å². The van der Waals surface area contributed by atoms with Crippen LogP contribution < -0.4 is 0 Å². The predicted molar refractivity (Wildman–Crippen MR) is 91.3 cm³/mol. The summed E-state index contributed by atoms with van der Waals surface area (Å²) < 4.78 is 42.9. The summed E-state index contributed by atoms with van der Waals surface area (Å²) in [6.07, 6.45) is 1.62. The second-order valence-corrected chi connectivity index (χ2v) is 6.53. The number of fused-ring (bicyclic) bond motifs is 1. The Morgan fingerprint density at radius 1 is 1.31 bits per heavy atom. The summed E-state index contributed by atoms with van der Waals surface area (Å²) in [4.78, 5) is 17.7. The Morgan fingerprint density at radius 3 is 2.81 bits per heavy atom. The molecule has 0 unspecified atom stereocenters. The maximum Gasteiger partial charge on any atom is 0.242 e. The van der Waals surface area contributed by atoms with Crippen molar-refractivity contribution in [3.63, 3.8) is 0 Å². The molecule has 7 heteroatoms. The normalized spacial score (nSPS) is 14.7. The third-order valence-electron chi connectivity index (χ3n) is 4.67. The zero-order valence-electron chi connectivity index (χ0n) is 14.0. The number of aryl methyl sites for hydroxylation is 1. The van der Waals surface area contributed by atoms with Gasteiger partial charge in [-0.1, -0.05) is 18.2 Å². The number of aromatic nitrogens is 2. The molecule has 4 nitrogen and oxygen atoms in total. The van der Waals surface area contributed by atoms with E-state index in [1.807, 2.05) is 0 Å². The molecule has 3 heterocycles. The third kappa shape index (κ3) is 2.73. The molecular weight excluding hydrogens is 343 g/mol. The van der Waals surface area contributed by atoms with Crippen LogP contribution in [0.3, 0.4) is 0 Å². The van der Waals surface area contributed by atoms with Crippen molar-refractivity contribution in [2.75, 3.05) is 13.1 Å². The number of alkyl halides is 1. The molecule has 0 N–H and O–H groups in total. The number of carbonyl (C=O) groups excluding carboxylic acids is 1. The van der Waals surface area contributed by atoms with Crippen LogP contribution in [0.15, 0.2) is 36.7 Å². The SMILES string of the molecule is Cc1cccc(-c2cnc3c(F)cn(CC(=O)N4CC(F)C4)c3c2)c1F. The van der Waals surface area contributed by atoms with E-state index in [9.17, 15) is 18.0 Å². The number of carbonyl (C=O) groups is 1. The average molecular weight is 359 g/mol. The van der Waals surface area contributed by atoms with Crippen molar-refractivity contribution in [1.82, 2.24) is 14.5 Å². The smallest absolute Gasteiger partial charge is 0.242 e. The minimum absolute atomic E-state index is 0.0680. The van der Waals surface area contributed by atoms with Crippen molar-refractivity contribution in [3.05, 3.63) is 53.9 Å². The van der Waals surface area contributed by atoms with Crippen LogP contribution >= 0.6 is 0 Å². The molecule has 0 atom stereocenters. The maximum absolute atomic E-state index is 14.4. The first kappa shape index (κ1) is 16.6. The van der Waals surface area contributed by atoms with Crippen molar-refractivity contribution >= 4 is 16.9 Å². The highest BCUT2D eigenvalue weighted by molar-refractivity contribution is 5.85. The fourth-order valence-electron chi connectivity index (χ4n) is 3.15. The van der Waals surface area contributed by atoms with E-state index in [0.717, 1.165) is 0 Å². The molecule has 0 bridgehead atoms. The predicted octanol–water partition coefficient (Wildman–Crippen LogP) is 3.47. The molecule has 1 aromatic carbocycles. The number of benzene rings is 1. The Labute approximate surface area is 147 Å². The van der Waals surface area contributed by atoms with Gasteiger partial charge in [-0.05, 0) is 18.6 Å². The van der Waals surface area contributed by atoms with Gasteiger partial charge in [0.15, 0.2) is 5.82 Å². The molecule has 0 radical (unpaired) electrons. The molecule has 26 heavy (non-hydrogen) atoms. The summed E-state index contributed by atoms with van der Waals surface area (Å²) in [6.45, 7) is 1.68. The first-order chi connectivity index (χ1) is 12.4. The molecule has 2 aromatic heterocycles. The fourth-order valence-corrected chi connectivity index (χ4v) is 3.15. The van der Waals surface area contributed by atoms with Crippen LogP contribution in [0.5, 0.6) is 0 Å². The number of halogens is 3. The highest BCUT2D eigenvalue weighted by atomic mass is 19.1. The van der Waals surface area contributed by atoms with Gasteiger partial charge in [0.2, 0.25) is 5.91 Å². The van der Waals surface area contributed by atoms with Gasteiger partial charge in [0.25, 0.3) is 0 Å². The van der Waals surface area contributed by atoms with Crippen LogP contribution in [0.4, 0.5) is 13.2 Å². The highest BCUT2D eigenvalue weighted by Crippen LogP contribution is 2.28. The number of pyridine rings is 1. The van der Waals surface area contributed by atoms with Crippen molar-refractivity contribution < 1.29 is 18.0 Å². The molecular formula is C19H16F3N3O. The molecule has 134 valence electrons. The first-order valence-corrected chi connectivity index (χ1v) is 8.25. The second kappa shape index (κ2) is 6.16. The Bertz CT molecular complexity index is 1010. The Kier molecular flexibility index (Phi) is 3.94. The topological polar surface area (TPSA) is 38.1 Å². The highest BCUT2D eigenvalue weighted by Gasteiger charge is 2.30. The second-order valence-electron chi connectivity index (χ2n) is 6.53. The maximum atomic E-state index is 14.4. The van der Waals surface area contributed by atoms with E-state index in [2.05, 4.69) is 4.98 Å². The lowest BCUT2D eigenvalue weighted by molar-refractivity contribution is -0.138. The summed E-state index contributed by atoms with van der Waals surface area (Å²) in [5, 5.41) is 0. The van der Waals surface area contributed by atoms with Crippen LogP contribution in [-0.2, 0) is 11.3 Å². The van der Waals surface area contributed by atoms with Gasteiger partial charge >= 0.3 is 0 Å². The van der Waals surface area contributed by atoms with E-state index >= 15 is 0 Å². The lowest BCUT2D eigenvalue weighted by Gasteiger charge is -2.34. The van der Waals surface area contributed by atoms with Crippen LogP contribution in [0, 0.1) is 18.6 Å². The molecule has 1 aliphatic heterocycles. The van der Waals surface area contributed by atoms with Crippen LogP contribution in [0.2, 0.25) is 0 Å². The largest absolute Gasteiger partial charge is 0.335 e. The zero-order chi connectivity index (χ0) is 18.4. The van der Waals surface area contributed by atoms with Gasteiger partial charge in [0, 0.05) is 23.5 Å². The Hall–Kier alpha value is -2.83. The van der Waals surface area contributed by atoms with Gasteiger partial charge in [-0.2, -0.15) is 0 Å². The van der Waals surface area contributed by atoms with Gasteiger partial charge in [0.1, 0.15) is 24.1 Å². The minimum atomic E-state index is -0.991. The van der Waals surface area contributed by atoms with Gasteiger partial charge in [0.05, 0.1) is 18.6 Å². The average Bonchev–Trinajstić information content (AvgIpc) is 2.89. The van der Waals surface area contributed by atoms with Gasteiger partial charge in [-0.15, -0.1) is 0 Å². The van der Waals surface area contributed by atoms with Crippen LogP contribution in [-0.4, -0.2) is 39.6 Å². The van der Waals surface area contributed by atoms with Crippen molar-refractivity contribution in [2.24, 2.45) is 0 Å². The van der Waals surface area contributed by atoms with E-state index in [4.69, 9.17) is 0 Å². The fraction of sp³-hybridized carbons (Fsp3) is 0.263. The van der Waals surface area contributed by atoms with E-state index in [1.165, 1.54) is 21.9 Å². The molecule has 4 rings (SSSR count). The lowest BCUT2D eigenvalue weighted by Crippen LogP contribution is -2.52. The summed E-state index contributed by atoms with van der Waals surface area (Å²) in [6, 6.07) is 6.64. The van der Waals surface area contributed by atoms with E-state index in [1.54, 1.807) is 31.2 Å². The number of hydrogen-bond donors (Lipinski definition) is 0. The Balaban J connectivity index is 1.73. The van der Waals surface area contributed by atoms with Crippen molar-refractivity contribution in [3.8, 4) is 11.1 Å². The summed E-state index contributed by atoms with van der Waals surface area (Å²) in [5.41, 5.74) is 1.87. The molecule has 1 aliphatic rings. The summed E-state index contributed by atoms with van der Waals surface area (Å²) in [7, 11) is 0. The first-order valence-electron chi connectivity index (χ1n) is 8.25. The number of hydrogen-bond acceptors (Lipinski definition) is 2. The summed E-state index contributed by atoms with van der Waals surface area (Å²) >= 11 is 0. The number of rotatable bonds is 3. The standard InChI is InChI=1S/C19H16F3N3O/c1-11-3-2-4-14(18(11)22)12-5-16-19(23-6-12)15(21)9-24(16)10-17(26)25-7-13(20)8-25/h2-6,9,13H,7-8,10H2,1H3. The molecule has 1 fully saturated rings. The Morgan fingerprint density at radius 2 is 2.08 bits per heavy atom. The molecule has 0 spiro atoms. The lowest BCUT2D eigenvalue weighted by atomic mass is 10.0. The third-order valence-corrected chi connectivity index (χ3v) is 4.67. The summed E-state index contributed by atoms with van der Waals surface area (Å²) in [5.74, 6) is -1.21. The number of nitrogens with zero attached hydrogens (tertiary/aromatic N) is 3. The van der Waals surface area contributed by atoms with Gasteiger partial charge in [-0.3, -0.25) is 9.78 Å². The molecule has 1 amide bonds. The van der Waals surface area contributed by atoms with E-state index < -0.39 is 12.0 Å². The molecule has 0 aliphatic carbocycles. The minimum Gasteiger partial charge on any atom is -0.335 e. The van der Waals surface area contributed by atoms with Gasteiger partial charge in [-0.25, -0.2) is 13.2 Å². The monoisotopic (exact) mass is 359 g/mol. The van der Waals surface area contributed by atoms with Crippen LogP contribution in [0.1, 0.15) is 5.56 Å².